The summed E-state index contributed by atoms with van der Waals surface area (Å²) in [6.07, 6.45) is 0. The number of aromatic nitrogens is 2. The normalized spacial score (nSPS) is 10.4. The van der Waals surface area contributed by atoms with Crippen molar-refractivity contribution in [3.63, 3.8) is 0 Å². The first-order valence-electron chi connectivity index (χ1n) is 7.79. The zero-order chi connectivity index (χ0) is 17.8. The van der Waals surface area contributed by atoms with Crippen molar-refractivity contribution in [2.75, 3.05) is 25.3 Å². The molecule has 128 valence electrons. The summed E-state index contributed by atoms with van der Waals surface area (Å²) in [5.41, 5.74) is 8.85. The molecule has 3 rings (SSSR count). The second-order valence-electron chi connectivity index (χ2n) is 5.57. The van der Waals surface area contributed by atoms with Gasteiger partial charge in [-0.3, -0.25) is 0 Å². The molecule has 0 aliphatic carbocycles. The Morgan fingerprint density at radius 1 is 0.920 bits per heavy atom. The van der Waals surface area contributed by atoms with Gasteiger partial charge in [-0.25, -0.2) is 9.97 Å². The van der Waals surface area contributed by atoms with Gasteiger partial charge in [-0.15, -0.1) is 0 Å². The van der Waals surface area contributed by atoms with Crippen LogP contribution in [0.2, 0.25) is 0 Å². The molecule has 0 fully saturated rings. The van der Waals surface area contributed by atoms with Crippen molar-refractivity contribution in [3.05, 3.63) is 54.1 Å². The van der Waals surface area contributed by atoms with Crippen LogP contribution < -0.4 is 20.5 Å². The van der Waals surface area contributed by atoms with E-state index in [0.717, 1.165) is 16.8 Å². The molecule has 0 saturated heterocycles. The molecule has 2 aromatic carbocycles. The van der Waals surface area contributed by atoms with Crippen molar-refractivity contribution in [2.45, 2.75) is 6.92 Å². The maximum absolute atomic E-state index is 5.96. The molecule has 6 nitrogen and oxygen atoms in total. The predicted octanol–water partition coefficient (Wildman–Crippen LogP) is 3.80. The van der Waals surface area contributed by atoms with E-state index in [-0.39, 0.29) is 0 Å². The van der Waals surface area contributed by atoms with Gasteiger partial charge in [0.15, 0.2) is 17.3 Å². The highest BCUT2D eigenvalue weighted by molar-refractivity contribution is 5.66. The summed E-state index contributed by atoms with van der Waals surface area (Å²) in [7, 11) is 3.19. The topological polar surface area (TPSA) is 82.3 Å². The van der Waals surface area contributed by atoms with Crippen molar-refractivity contribution in [2.24, 2.45) is 0 Å². The van der Waals surface area contributed by atoms with E-state index in [2.05, 4.69) is 15.3 Å². The summed E-state index contributed by atoms with van der Waals surface area (Å²) in [6.45, 7) is 2.04. The van der Waals surface area contributed by atoms with E-state index in [4.69, 9.17) is 15.2 Å². The van der Waals surface area contributed by atoms with Gasteiger partial charge in [-0.1, -0.05) is 12.1 Å². The lowest BCUT2D eigenvalue weighted by molar-refractivity contribution is 0.355. The molecule has 1 aromatic heterocycles. The van der Waals surface area contributed by atoms with Gasteiger partial charge < -0.3 is 20.5 Å². The van der Waals surface area contributed by atoms with Gasteiger partial charge in [-0.05, 0) is 42.8 Å². The summed E-state index contributed by atoms with van der Waals surface area (Å²) in [4.78, 5) is 8.89. The molecule has 0 aliphatic rings. The Kier molecular flexibility index (Phi) is 4.70. The van der Waals surface area contributed by atoms with Crippen LogP contribution in [0, 0.1) is 6.92 Å². The van der Waals surface area contributed by atoms with E-state index in [0.29, 0.717) is 29.0 Å². The predicted molar refractivity (Wildman–Crippen MR) is 99.4 cm³/mol. The van der Waals surface area contributed by atoms with Gasteiger partial charge in [0, 0.05) is 17.3 Å². The highest BCUT2D eigenvalue weighted by Crippen LogP contribution is 2.32. The van der Waals surface area contributed by atoms with Gasteiger partial charge in [-0.2, -0.15) is 0 Å². The van der Waals surface area contributed by atoms with Crippen LogP contribution in [0.3, 0.4) is 0 Å². The van der Waals surface area contributed by atoms with Crippen LogP contribution in [0.1, 0.15) is 5.56 Å². The van der Waals surface area contributed by atoms with Crippen LogP contribution in [0.4, 0.5) is 17.3 Å². The molecule has 0 spiro atoms. The van der Waals surface area contributed by atoms with E-state index in [1.807, 2.05) is 49.4 Å². The van der Waals surface area contributed by atoms with Gasteiger partial charge in [0.25, 0.3) is 0 Å². The Bertz CT molecular complexity index is 896. The smallest absolute Gasteiger partial charge is 0.163 e. The maximum Gasteiger partial charge on any atom is 0.163 e. The number of nitrogens with two attached hydrogens (primary N) is 1. The average Bonchev–Trinajstić information content (AvgIpc) is 2.60. The second-order valence-corrected chi connectivity index (χ2v) is 5.57. The second kappa shape index (κ2) is 7.09. The number of ether oxygens (including phenoxy) is 2. The lowest BCUT2D eigenvalue weighted by Crippen LogP contribution is -2.01. The van der Waals surface area contributed by atoms with Gasteiger partial charge in [0.2, 0.25) is 0 Å². The van der Waals surface area contributed by atoms with Crippen LogP contribution in [0.15, 0.2) is 48.5 Å². The standard InChI is InChI=1S/C19H20N4O2/c1-12-5-4-6-14(9-12)21-18-11-17(20)22-19(23-18)13-7-8-15(24-2)16(10-13)25-3/h4-11H,1-3H3,(H3,20,21,22,23). The first-order chi connectivity index (χ1) is 12.1. The van der Waals surface area contributed by atoms with Crippen molar-refractivity contribution < 1.29 is 9.47 Å². The Morgan fingerprint density at radius 2 is 1.72 bits per heavy atom. The number of hydrogen-bond donors (Lipinski definition) is 2. The third kappa shape index (κ3) is 3.80. The number of aryl methyl sites for hydroxylation is 1. The summed E-state index contributed by atoms with van der Waals surface area (Å²) in [6, 6.07) is 15.2. The molecule has 0 unspecified atom stereocenters. The highest BCUT2D eigenvalue weighted by atomic mass is 16.5. The monoisotopic (exact) mass is 336 g/mol. The third-order valence-electron chi connectivity index (χ3n) is 3.68. The first-order valence-corrected chi connectivity index (χ1v) is 7.79. The molecule has 0 bridgehead atoms. The zero-order valence-electron chi connectivity index (χ0n) is 14.4. The third-order valence-corrected chi connectivity index (χ3v) is 3.68. The molecule has 3 aromatic rings. The molecular weight excluding hydrogens is 316 g/mol. The number of nitrogens with one attached hydrogen (secondary N) is 1. The number of benzene rings is 2. The van der Waals surface area contributed by atoms with Crippen LogP contribution in [-0.2, 0) is 0 Å². The van der Waals surface area contributed by atoms with Gasteiger partial charge >= 0.3 is 0 Å². The summed E-state index contributed by atoms with van der Waals surface area (Å²) in [5.74, 6) is 2.78. The fourth-order valence-corrected chi connectivity index (χ4v) is 2.51. The lowest BCUT2D eigenvalue weighted by Gasteiger charge is -2.11. The first kappa shape index (κ1) is 16.6. The largest absolute Gasteiger partial charge is 0.493 e. The van der Waals surface area contributed by atoms with Crippen LogP contribution >= 0.6 is 0 Å². The fourth-order valence-electron chi connectivity index (χ4n) is 2.51. The highest BCUT2D eigenvalue weighted by Gasteiger charge is 2.10. The Labute approximate surface area is 146 Å². The molecule has 6 heteroatoms. The molecule has 0 atom stereocenters. The van der Waals surface area contributed by atoms with Crippen LogP contribution in [0.5, 0.6) is 11.5 Å². The zero-order valence-corrected chi connectivity index (χ0v) is 14.4. The summed E-state index contributed by atoms with van der Waals surface area (Å²) in [5, 5.41) is 3.26. The minimum absolute atomic E-state index is 0.384. The van der Waals surface area contributed by atoms with Crippen molar-refractivity contribution in [1.82, 2.24) is 9.97 Å². The molecule has 0 radical (unpaired) electrons. The molecule has 0 aliphatic heterocycles. The minimum Gasteiger partial charge on any atom is -0.493 e. The number of methoxy groups -OCH3 is 2. The SMILES string of the molecule is COc1ccc(-c2nc(N)cc(Nc3cccc(C)c3)n2)cc1OC. The lowest BCUT2D eigenvalue weighted by atomic mass is 10.2. The quantitative estimate of drug-likeness (QED) is 0.737. The van der Waals surface area contributed by atoms with E-state index < -0.39 is 0 Å². The molecule has 1 heterocycles. The maximum atomic E-state index is 5.96. The molecule has 0 saturated carbocycles. The van der Waals surface area contributed by atoms with Crippen LogP contribution in [0.25, 0.3) is 11.4 Å². The van der Waals surface area contributed by atoms with Crippen LogP contribution in [-0.4, -0.2) is 24.2 Å². The Morgan fingerprint density at radius 3 is 2.44 bits per heavy atom. The fraction of sp³-hybridized carbons (Fsp3) is 0.158. The number of nitrogen functional groups attached to an aromatic ring is 1. The number of anilines is 3. The van der Waals surface area contributed by atoms with Crippen molar-refractivity contribution in [3.8, 4) is 22.9 Å². The molecule has 3 N–H and O–H groups in total. The summed E-state index contributed by atoms with van der Waals surface area (Å²) < 4.78 is 10.6. The van der Waals surface area contributed by atoms with E-state index in [1.54, 1.807) is 20.3 Å². The Hall–Kier alpha value is -3.28. The number of rotatable bonds is 5. The molecular formula is C19H20N4O2. The molecule has 25 heavy (non-hydrogen) atoms. The van der Waals surface area contributed by atoms with E-state index in [1.165, 1.54) is 0 Å². The van der Waals surface area contributed by atoms with Gasteiger partial charge in [0.05, 0.1) is 14.2 Å². The molecule has 0 amide bonds. The van der Waals surface area contributed by atoms with E-state index in [9.17, 15) is 0 Å². The number of nitrogens with zero attached hydrogens (tertiary/aromatic N) is 2. The van der Waals surface area contributed by atoms with Crippen molar-refractivity contribution >= 4 is 17.3 Å². The van der Waals surface area contributed by atoms with Gasteiger partial charge in [0.1, 0.15) is 11.6 Å². The van der Waals surface area contributed by atoms with E-state index >= 15 is 0 Å². The summed E-state index contributed by atoms with van der Waals surface area (Å²) >= 11 is 0. The number of hydrogen-bond acceptors (Lipinski definition) is 6. The minimum atomic E-state index is 0.384. The Balaban J connectivity index is 1.96. The van der Waals surface area contributed by atoms with Crippen molar-refractivity contribution in [1.29, 1.82) is 0 Å². The average molecular weight is 336 g/mol.